The van der Waals surface area contributed by atoms with Gasteiger partial charge in [0.15, 0.2) is 11.6 Å². The van der Waals surface area contributed by atoms with Gasteiger partial charge in [0, 0.05) is 49.5 Å². The molecule has 290 valence electrons. The second-order valence-electron chi connectivity index (χ2n) is 15.5. The van der Waals surface area contributed by atoms with E-state index in [0.29, 0.717) is 17.6 Å². The molecule has 0 aliphatic carbocycles. The molecule has 4 heterocycles. The van der Waals surface area contributed by atoms with Gasteiger partial charge in [-0.3, -0.25) is 4.57 Å². The van der Waals surface area contributed by atoms with Crippen molar-refractivity contribution in [3.8, 4) is 68.1 Å². The van der Waals surface area contributed by atoms with Crippen molar-refractivity contribution < 1.29 is 0 Å². The van der Waals surface area contributed by atoms with E-state index in [0.717, 1.165) is 83.3 Å². The molecule has 6 nitrogen and oxygen atoms in total. The summed E-state index contributed by atoms with van der Waals surface area (Å²) >= 11 is 0. The molecular weight excluding hydrogens is 757 g/mol. The fraction of sp³-hybridized carbons (Fsp3) is 0. The number of rotatable bonds is 7. The number of benzene rings is 8. The van der Waals surface area contributed by atoms with E-state index in [4.69, 9.17) is 19.9 Å². The van der Waals surface area contributed by atoms with Gasteiger partial charge < -0.3 is 4.57 Å². The number of para-hydroxylation sites is 3. The van der Waals surface area contributed by atoms with Gasteiger partial charge in [0.25, 0.3) is 0 Å². The first-order chi connectivity index (χ1) is 30.7. The van der Waals surface area contributed by atoms with Gasteiger partial charge in [-0.05, 0) is 65.7 Å². The Morgan fingerprint density at radius 3 is 1.32 bits per heavy atom. The quantitative estimate of drug-likeness (QED) is 0.161. The second-order valence-corrected chi connectivity index (χ2v) is 15.5. The van der Waals surface area contributed by atoms with E-state index in [1.807, 2.05) is 30.3 Å². The smallest absolute Gasteiger partial charge is 0.238 e. The van der Waals surface area contributed by atoms with E-state index in [-0.39, 0.29) is 0 Å². The van der Waals surface area contributed by atoms with Crippen LogP contribution in [0.1, 0.15) is 0 Å². The fourth-order valence-electron chi connectivity index (χ4n) is 8.95. The predicted octanol–water partition coefficient (Wildman–Crippen LogP) is 13.8. The third-order valence-electron chi connectivity index (χ3n) is 11.8. The van der Waals surface area contributed by atoms with Crippen molar-refractivity contribution in [2.45, 2.75) is 0 Å². The molecule has 12 rings (SSSR count). The van der Waals surface area contributed by atoms with Gasteiger partial charge in [0.1, 0.15) is 0 Å². The van der Waals surface area contributed by atoms with Crippen molar-refractivity contribution in [3.05, 3.63) is 218 Å². The summed E-state index contributed by atoms with van der Waals surface area (Å²) < 4.78 is 4.58. The monoisotopic (exact) mass is 792 g/mol. The van der Waals surface area contributed by atoms with Crippen molar-refractivity contribution >= 4 is 43.6 Å². The standard InChI is InChI=1S/C56H36N6/c1-5-18-37(19-6-1)46-35-42(36-47(57-46)38-20-7-2-8-21-38)40-24-17-25-41(34-40)55-58-54(39-22-9-3-10-23-39)59-56(60-55)62-49-31-16-14-29-45(49)53-51(62)33-32-50-52(53)44-28-13-15-30-48(44)61(50)43-26-11-4-12-27-43/h1-36H. The normalized spacial score (nSPS) is 11.5. The van der Waals surface area contributed by atoms with Gasteiger partial charge in [-0.1, -0.05) is 164 Å². The van der Waals surface area contributed by atoms with E-state index >= 15 is 0 Å². The van der Waals surface area contributed by atoms with Crippen LogP contribution in [-0.2, 0) is 0 Å². The van der Waals surface area contributed by atoms with Crippen LogP contribution in [0.4, 0.5) is 0 Å². The van der Waals surface area contributed by atoms with Gasteiger partial charge in [-0.2, -0.15) is 9.97 Å². The van der Waals surface area contributed by atoms with Crippen molar-refractivity contribution in [1.82, 2.24) is 29.1 Å². The number of pyridine rings is 1. The molecule has 0 atom stereocenters. The van der Waals surface area contributed by atoms with Crippen LogP contribution in [0, 0.1) is 0 Å². The average molecular weight is 793 g/mol. The fourth-order valence-corrected chi connectivity index (χ4v) is 8.95. The summed E-state index contributed by atoms with van der Waals surface area (Å²) in [7, 11) is 0. The Morgan fingerprint density at radius 2 is 0.726 bits per heavy atom. The summed E-state index contributed by atoms with van der Waals surface area (Å²) in [5.74, 6) is 1.74. The number of hydrogen-bond acceptors (Lipinski definition) is 4. The molecule has 0 aliphatic heterocycles. The Kier molecular flexibility index (Phi) is 8.38. The lowest BCUT2D eigenvalue weighted by Crippen LogP contribution is -2.06. The summed E-state index contributed by atoms with van der Waals surface area (Å²) in [5, 5.41) is 4.69. The molecule has 0 spiro atoms. The molecule has 12 aromatic rings. The maximum Gasteiger partial charge on any atom is 0.238 e. The Balaban J connectivity index is 1.08. The molecule has 0 radical (unpaired) electrons. The topological polar surface area (TPSA) is 61.4 Å². The van der Waals surface area contributed by atoms with Crippen LogP contribution in [0.15, 0.2) is 218 Å². The highest BCUT2D eigenvalue weighted by molar-refractivity contribution is 6.28. The van der Waals surface area contributed by atoms with Gasteiger partial charge in [-0.15, -0.1) is 0 Å². The molecule has 62 heavy (non-hydrogen) atoms. The Hall–Kier alpha value is -8.48. The molecule has 0 amide bonds. The number of fused-ring (bicyclic) bond motifs is 7. The van der Waals surface area contributed by atoms with Crippen molar-refractivity contribution in [2.75, 3.05) is 0 Å². The molecular formula is C56H36N6. The largest absolute Gasteiger partial charge is 0.309 e. The number of aromatic nitrogens is 6. The molecule has 0 unspecified atom stereocenters. The average Bonchev–Trinajstić information content (AvgIpc) is 3.88. The Labute approximate surface area is 357 Å². The van der Waals surface area contributed by atoms with Crippen LogP contribution < -0.4 is 0 Å². The second kappa shape index (κ2) is 14.7. The van der Waals surface area contributed by atoms with Gasteiger partial charge in [-0.25, -0.2) is 9.97 Å². The minimum atomic E-state index is 0.554. The summed E-state index contributed by atoms with van der Waals surface area (Å²) in [4.78, 5) is 20.9. The van der Waals surface area contributed by atoms with Crippen molar-refractivity contribution in [2.24, 2.45) is 0 Å². The minimum Gasteiger partial charge on any atom is -0.309 e. The highest BCUT2D eigenvalue weighted by Gasteiger charge is 2.23. The zero-order valence-electron chi connectivity index (χ0n) is 33.5. The highest BCUT2D eigenvalue weighted by atomic mass is 15.2. The van der Waals surface area contributed by atoms with E-state index in [1.54, 1.807) is 0 Å². The molecule has 0 aliphatic rings. The minimum absolute atomic E-state index is 0.554. The summed E-state index contributed by atoms with van der Waals surface area (Å²) in [6, 6.07) is 76.1. The summed E-state index contributed by atoms with van der Waals surface area (Å²) in [6.07, 6.45) is 0. The van der Waals surface area contributed by atoms with Crippen LogP contribution in [0.5, 0.6) is 0 Å². The molecule has 0 saturated carbocycles. The summed E-state index contributed by atoms with van der Waals surface area (Å²) in [6.45, 7) is 0. The first-order valence-corrected chi connectivity index (χ1v) is 20.8. The van der Waals surface area contributed by atoms with E-state index < -0.39 is 0 Å². The zero-order chi connectivity index (χ0) is 41.0. The molecule has 4 aromatic heterocycles. The van der Waals surface area contributed by atoms with Gasteiger partial charge >= 0.3 is 0 Å². The maximum atomic E-state index is 5.36. The first kappa shape index (κ1) is 35.5. The van der Waals surface area contributed by atoms with Crippen molar-refractivity contribution in [3.63, 3.8) is 0 Å². The Bertz CT molecular complexity index is 3560. The predicted molar refractivity (Wildman–Crippen MR) is 253 cm³/mol. The number of hydrogen-bond donors (Lipinski definition) is 0. The van der Waals surface area contributed by atoms with Crippen LogP contribution in [0.3, 0.4) is 0 Å². The SMILES string of the molecule is c1ccc(-c2cc(-c3cccc(-c4nc(-c5ccccc5)nc(-n5c6ccccc6c6c7c8ccccc8n(-c8ccccc8)c7ccc65)n4)c3)cc(-c3ccccc3)n2)cc1. The summed E-state index contributed by atoms with van der Waals surface area (Å²) in [5.41, 5.74) is 13.3. The lowest BCUT2D eigenvalue weighted by Gasteiger charge is -2.13. The lowest BCUT2D eigenvalue weighted by molar-refractivity contribution is 0.953. The van der Waals surface area contributed by atoms with E-state index in [1.165, 1.54) is 10.8 Å². The van der Waals surface area contributed by atoms with Crippen LogP contribution >= 0.6 is 0 Å². The van der Waals surface area contributed by atoms with Crippen LogP contribution in [-0.4, -0.2) is 29.1 Å². The van der Waals surface area contributed by atoms with E-state index in [9.17, 15) is 0 Å². The molecule has 8 aromatic carbocycles. The lowest BCUT2D eigenvalue weighted by atomic mass is 9.98. The zero-order valence-corrected chi connectivity index (χ0v) is 33.5. The third-order valence-corrected chi connectivity index (χ3v) is 11.8. The maximum absolute atomic E-state index is 5.36. The van der Waals surface area contributed by atoms with Crippen LogP contribution in [0.25, 0.3) is 112 Å². The molecule has 0 N–H and O–H groups in total. The van der Waals surface area contributed by atoms with Gasteiger partial charge in [0.05, 0.1) is 33.5 Å². The van der Waals surface area contributed by atoms with Crippen molar-refractivity contribution in [1.29, 1.82) is 0 Å². The molecule has 0 bridgehead atoms. The molecule has 6 heteroatoms. The first-order valence-electron chi connectivity index (χ1n) is 20.8. The van der Waals surface area contributed by atoms with Crippen LogP contribution in [0.2, 0.25) is 0 Å². The highest BCUT2D eigenvalue weighted by Crippen LogP contribution is 2.42. The van der Waals surface area contributed by atoms with E-state index in [2.05, 4.69) is 197 Å². The molecule has 0 fully saturated rings. The third kappa shape index (κ3) is 5.96. The van der Waals surface area contributed by atoms with Gasteiger partial charge in [0.2, 0.25) is 5.95 Å². The number of nitrogens with zero attached hydrogens (tertiary/aromatic N) is 6. The Morgan fingerprint density at radius 1 is 0.274 bits per heavy atom. The molecule has 0 saturated heterocycles.